The van der Waals surface area contributed by atoms with Crippen molar-refractivity contribution in [2.75, 3.05) is 0 Å². The van der Waals surface area contributed by atoms with Crippen molar-refractivity contribution in [3.8, 4) is 0 Å². The van der Waals surface area contributed by atoms with Crippen molar-refractivity contribution in [3.05, 3.63) is 137 Å². The fraction of sp³-hybridized carbons (Fsp3) is 0.294. The maximum absolute atomic E-state index is 4.55. The summed E-state index contributed by atoms with van der Waals surface area (Å²) < 4.78 is 6.43. The summed E-state index contributed by atoms with van der Waals surface area (Å²) in [5, 5.41) is 0. The van der Waals surface area contributed by atoms with Gasteiger partial charge >= 0.3 is 254 Å². The van der Waals surface area contributed by atoms with Crippen molar-refractivity contribution >= 4 is 63.7 Å². The van der Waals surface area contributed by atoms with Gasteiger partial charge in [-0.15, -0.1) is 0 Å². The molecule has 0 bridgehead atoms. The second-order valence-corrected chi connectivity index (χ2v) is 42.1. The molecule has 0 N–H and O–H groups in total. The molecule has 1 spiro atoms. The summed E-state index contributed by atoms with van der Waals surface area (Å²) >= 11 is 15.2. The molecule has 194 valence electrons. The Labute approximate surface area is 251 Å². The van der Waals surface area contributed by atoms with Crippen LogP contribution in [0.25, 0.3) is 0 Å². The molecule has 5 heteroatoms. The SMILES string of the molecule is Brc1ccc([C]23[CH]4[C]5(c6ccc(Br)cc6)[C]6(c7ccc(Br)cc7)[C]2(c2ccc(Br)cc2)[Fe]43562789[CH]3[CH]2[CH]7[CH]8[CH]39)cc1. The van der Waals surface area contributed by atoms with Crippen molar-refractivity contribution < 1.29 is 6.51 Å². The first-order chi connectivity index (χ1) is 18.7. The first-order valence-corrected chi connectivity index (χ1v) is 23.2. The van der Waals surface area contributed by atoms with Crippen LogP contribution in [0.5, 0.6) is 0 Å². The van der Waals surface area contributed by atoms with Crippen molar-refractivity contribution in [3.63, 3.8) is 0 Å². The van der Waals surface area contributed by atoms with Crippen LogP contribution in [0.15, 0.2) is 115 Å². The average Bonchev–Trinajstić information content (AvgIpc) is 3.90. The molecule has 0 aromatic heterocycles. The summed E-state index contributed by atoms with van der Waals surface area (Å²) in [4.78, 5) is 6.29. The third-order valence-corrected chi connectivity index (χ3v) is 66.0. The fourth-order valence-corrected chi connectivity index (χ4v) is 104. The maximum atomic E-state index is 3.80. The molecule has 0 amide bonds. The van der Waals surface area contributed by atoms with Gasteiger partial charge in [0.1, 0.15) is 0 Å². The van der Waals surface area contributed by atoms with Crippen molar-refractivity contribution in [2.24, 2.45) is 0 Å². The van der Waals surface area contributed by atoms with E-state index in [0.717, 1.165) is 28.9 Å². The summed E-state index contributed by atoms with van der Waals surface area (Å²) in [5.41, 5.74) is 6.88. The molecule has 10 heterocycles. The molecule has 39 heavy (non-hydrogen) atoms. The predicted octanol–water partition coefficient (Wildman–Crippen LogP) is 10.9. The van der Waals surface area contributed by atoms with Gasteiger partial charge in [0.25, 0.3) is 0 Å². The Bertz CT molecular complexity index is 2200. The first kappa shape index (κ1) is 20.3. The van der Waals surface area contributed by atoms with E-state index >= 15 is 0 Å². The van der Waals surface area contributed by atoms with Gasteiger partial charge in [0, 0.05) is 0 Å². The van der Waals surface area contributed by atoms with E-state index in [9.17, 15) is 0 Å². The van der Waals surface area contributed by atoms with Crippen LogP contribution < -0.4 is 0 Å². The van der Waals surface area contributed by atoms with Gasteiger partial charge in [-0.1, -0.05) is 0 Å². The molecular weight excluding hydrogens is 784 g/mol. The molecule has 0 nitrogen and oxygen atoms in total. The molecular formula is C34H22Br4Fe. The Morgan fingerprint density at radius 2 is 0.641 bits per heavy atom. The molecule has 4 aromatic rings. The summed E-state index contributed by atoms with van der Waals surface area (Å²) in [6.07, 6.45) is 0. The fourth-order valence-electron chi connectivity index (χ4n) is 23.3. The zero-order valence-electron chi connectivity index (χ0n) is 20.6. The standard InChI is InChI=1S/C29H17Br4.C5H5.Fe/c30-22-9-1-18(2-10-22)26-17-27(19-3-11-23(31)12-4-19)29(21-7-15-25(33)16-8-21)28(26)20-5-13-24(32)14-6-20;1-2-4-5-3-1;/h1-17H;1-5H;. The number of benzene rings is 4. The zero-order chi connectivity index (χ0) is 25.7. The Hall–Kier alpha value is -0.681. The van der Waals surface area contributed by atoms with Gasteiger partial charge in [-0.25, -0.2) is 0 Å². The van der Waals surface area contributed by atoms with E-state index in [2.05, 4.69) is 161 Å². The molecule has 0 saturated carbocycles. The molecule has 0 aliphatic carbocycles. The minimum atomic E-state index is -4.55. The number of hydrogen-bond donors (Lipinski definition) is 0. The normalized spacial score (nSPS) is 64.1. The molecule has 4 aromatic carbocycles. The molecule has 4 unspecified atom stereocenters. The Morgan fingerprint density at radius 1 is 0.385 bits per heavy atom. The van der Waals surface area contributed by atoms with Crippen LogP contribution in [0.3, 0.4) is 0 Å². The minimum absolute atomic E-state index is 0.365. The molecule has 10 aliphatic heterocycles. The third kappa shape index (κ3) is 0.459. The Kier molecular flexibility index (Phi) is 1.60. The Balaban J connectivity index is 1.26. The topological polar surface area (TPSA) is 0 Å². The second kappa shape index (κ2) is 3.09. The molecule has 14 rings (SSSR count). The predicted molar refractivity (Wildman–Crippen MR) is 166 cm³/mol. The quantitative estimate of drug-likeness (QED) is 0.180. The molecule has 10 saturated heterocycles. The van der Waals surface area contributed by atoms with Crippen LogP contribution in [-0.4, -0.2) is 0 Å². The number of fused-ring (bicyclic) bond motifs is 10. The van der Waals surface area contributed by atoms with E-state index < -0.39 is 6.51 Å². The van der Waals surface area contributed by atoms with E-state index in [-0.39, 0.29) is 0 Å². The van der Waals surface area contributed by atoms with Gasteiger partial charge in [-0.05, 0) is 0 Å². The number of hydrogen-bond acceptors (Lipinski definition) is 0. The van der Waals surface area contributed by atoms with Gasteiger partial charge in [0.2, 0.25) is 0 Å². The van der Waals surface area contributed by atoms with E-state index in [4.69, 9.17) is 0 Å². The van der Waals surface area contributed by atoms with E-state index in [1.54, 1.807) is 22.3 Å². The van der Waals surface area contributed by atoms with Gasteiger partial charge < -0.3 is 0 Å². The van der Waals surface area contributed by atoms with Crippen LogP contribution >= 0.6 is 63.7 Å². The van der Waals surface area contributed by atoms with Crippen LogP contribution in [0.2, 0.25) is 28.9 Å². The average molecular weight is 806 g/mol. The van der Waals surface area contributed by atoms with Crippen LogP contribution in [0, 0.1) is 0 Å². The first-order valence-electron chi connectivity index (χ1n) is 14.0. The monoisotopic (exact) mass is 802 g/mol. The molecule has 4 atom stereocenters. The van der Waals surface area contributed by atoms with Crippen molar-refractivity contribution in [2.45, 2.75) is 46.2 Å². The van der Waals surface area contributed by atoms with E-state index in [1.165, 1.54) is 17.9 Å². The molecule has 10 fully saturated rings. The van der Waals surface area contributed by atoms with Gasteiger partial charge in [0.15, 0.2) is 0 Å². The number of rotatable bonds is 4. The van der Waals surface area contributed by atoms with Crippen molar-refractivity contribution in [1.82, 2.24) is 0 Å². The van der Waals surface area contributed by atoms with Gasteiger partial charge in [-0.3, -0.25) is 0 Å². The van der Waals surface area contributed by atoms with Gasteiger partial charge in [-0.2, -0.15) is 0 Å². The summed E-state index contributed by atoms with van der Waals surface area (Å²) in [6, 6.07) is 39.4. The van der Waals surface area contributed by atoms with E-state index in [1.807, 2.05) is 0 Å². The molecule has 0 radical (unpaired) electrons. The molecule has 10 aliphatic rings. The third-order valence-electron chi connectivity index (χ3n) is 20.2. The van der Waals surface area contributed by atoms with Crippen molar-refractivity contribution in [1.29, 1.82) is 0 Å². The second-order valence-electron chi connectivity index (χ2n) is 15.9. The summed E-state index contributed by atoms with van der Waals surface area (Å²) in [6.45, 7) is -4.55. The Morgan fingerprint density at radius 3 is 0.897 bits per heavy atom. The van der Waals surface area contributed by atoms with Crippen LogP contribution in [0.4, 0.5) is 0 Å². The summed E-state index contributed by atoms with van der Waals surface area (Å²) in [5.74, 6) is 0. The number of halogens is 4. The van der Waals surface area contributed by atoms with Gasteiger partial charge in [0.05, 0.1) is 0 Å². The summed E-state index contributed by atoms with van der Waals surface area (Å²) in [7, 11) is 0. The van der Waals surface area contributed by atoms with Crippen LogP contribution in [-0.2, 0) is 23.8 Å². The van der Waals surface area contributed by atoms with E-state index in [0.29, 0.717) is 17.3 Å². The zero-order valence-corrected chi connectivity index (χ0v) is 28.0. The van der Waals surface area contributed by atoms with Crippen LogP contribution in [0.1, 0.15) is 22.3 Å².